The van der Waals surface area contributed by atoms with Gasteiger partial charge in [-0.3, -0.25) is 9.78 Å². The van der Waals surface area contributed by atoms with E-state index in [1.165, 1.54) is 6.20 Å². The number of carbonyl (C=O) groups is 1. The number of pyridine rings is 1. The maximum Gasteiger partial charge on any atom is 0.153 e. The molecule has 33 heavy (non-hydrogen) atoms. The van der Waals surface area contributed by atoms with Crippen molar-refractivity contribution < 1.29 is 9.53 Å². The highest BCUT2D eigenvalue weighted by Crippen LogP contribution is 2.32. The maximum atomic E-state index is 11.5. The van der Waals surface area contributed by atoms with Gasteiger partial charge in [-0.15, -0.1) is 0 Å². The Labute approximate surface area is 200 Å². The lowest BCUT2D eigenvalue weighted by Crippen LogP contribution is -2.03. The largest absolute Gasteiger partial charge is 0.488 e. The van der Waals surface area contributed by atoms with E-state index in [1.807, 2.05) is 30.3 Å². The van der Waals surface area contributed by atoms with Crippen LogP contribution in [-0.4, -0.2) is 11.3 Å². The summed E-state index contributed by atoms with van der Waals surface area (Å²) in [4.78, 5) is 15.5. The van der Waals surface area contributed by atoms with Gasteiger partial charge in [0.15, 0.2) is 6.29 Å². The van der Waals surface area contributed by atoms with Gasteiger partial charge in [0.1, 0.15) is 18.4 Å². The Balaban J connectivity index is 1.49. The summed E-state index contributed by atoms with van der Waals surface area (Å²) in [7, 11) is 0. The highest BCUT2D eigenvalue weighted by atomic mass is 79.9. The molecule has 6 heteroatoms. The van der Waals surface area contributed by atoms with Crippen molar-refractivity contribution in [1.82, 2.24) is 4.98 Å². The van der Waals surface area contributed by atoms with Gasteiger partial charge in [-0.2, -0.15) is 5.26 Å². The van der Waals surface area contributed by atoms with Crippen molar-refractivity contribution in [3.8, 4) is 22.9 Å². The van der Waals surface area contributed by atoms with Crippen LogP contribution in [0.15, 0.2) is 89.7 Å². The smallest absolute Gasteiger partial charge is 0.153 e. The van der Waals surface area contributed by atoms with Crippen LogP contribution in [0.5, 0.6) is 5.75 Å². The monoisotopic (exact) mass is 497 g/mol. The molecule has 1 aromatic heterocycles. The van der Waals surface area contributed by atoms with Crippen LogP contribution in [0.25, 0.3) is 11.1 Å². The van der Waals surface area contributed by atoms with Gasteiger partial charge in [-0.1, -0.05) is 48.5 Å². The fourth-order valence-electron chi connectivity index (χ4n) is 3.41. The van der Waals surface area contributed by atoms with Gasteiger partial charge in [0.2, 0.25) is 0 Å². The molecule has 0 spiro atoms. The van der Waals surface area contributed by atoms with Crippen molar-refractivity contribution in [2.45, 2.75) is 13.2 Å². The molecule has 1 heterocycles. The number of aldehydes is 1. The molecule has 1 N–H and O–H groups in total. The average Bonchev–Trinajstić information content (AvgIpc) is 2.87. The zero-order valence-electron chi connectivity index (χ0n) is 17.7. The number of nitriles is 1. The van der Waals surface area contributed by atoms with Gasteiger partial charge < -0.3 is 10.1 Å². The molecule has 0 unspecified atom stereocenters. The standard InChI is InChI=1S/C27H20BrN3O2/c28-27-22(7-4-8-25(27)21-5-2-1-3-6-21)16-31-24-10-9-23(17-32)26(12-24)33-18-20-11-19(13-29)14-30-15-20/h1-12,14-15,17,31H,16,18H2. The van der Waals surface area contributed by atoms with E-state index >= 15 is 0 Å². The number of anilines is 1. The quantitative estimate of drug-likeness (QED) is 0.285. The Hall–Kier alpha value is -3.95. The first-order valence-corrected chi connectivity index (χ1v) is 11.1. The number of hydrogen-bond donors (Lipinski definition) is 1. The lowest BCUT2D eigenvalue weighted by molar-refractivity contribution is 0.111. The zero-order chi connectivity index (χ0) is 23.0. The Bertz CT molecular complexity index is 1320. The molecule has 4 rings (SSSR count). The number of ether oxygens (including phenoxy) is 1. The van der Waals surface area contributed by atoms with Gasteiger partial charge in [0.25, 0.3) is 0 Å². The van der Waals surface area contributed by atoms with Crippen LogP contribution in [0, 0.1) is 11.3 Å². The molecule has 0 saturated heterocycles. The Morgan fingerprint density at radius 3 is 2.67 bits per heavy atom. The highest BCUT2D eigenvalue weighted by Gasteiger charge is 2.09. The van der Waals surface area contributed by atoms with E-state index in [-0.39, 0.29) is 6.61 Å². The van der Waals surface area contributed by atoms with Crippen LogP contribution in [-0.2, 0) is 13.2 Å². The van der Waals surface area contributed by atoms with E-state index in [2.05, 4.69) is 56.6 Å². The SMILES string of the molecule is N#Cc1cncc(COc2cc(NCc3cccc(-c4ccccc4)c3Br)ccc2C=O)c1. The van der Waals surface area contributed by atoms with Gasteiger partial charge in [-0.05, 0) is 50.8 Å². The van der Waals surface area contributed by atoms with Crippen LogP contribution < -0.4 is 10.1 Å². The molecule has 162 valence electrons. The average molecular weight is 498 g/mol. The number of nitrogens with one attached hydrogen (secondary N) is 1. The molecule has 0 aliphatic rings. The minimum atomic E-state index is 0.206. The predicted octanol–water partition coefficient (Wildman–Crippen LogP) is 6.39. The second kappa shape index (κ2) is 10.6. The van der Waals surface area contributed by atoms with E-state index in [0.717, 1.165) is 38.7 Å². The number of nitrogens with zero attached hydrogens (tertiary/aromatic N) is 2. The first kappa shape index (κ1) is 22.3. The zero-order valence-corrected chi connectivity index (χ0v) is 19.2. The van der Waals surface area contributed by atoms with Crippen molar-refractivity contribution in [1.29, 1.82) is 5.26 Å². The van der Waals surface area contributed by atoms with Gasteiger partial charge in [-0.25, -0.2) is 0 Å². The fraction of sp³-hybridized carbons (Fsp3) is 0.0741. The molecule has 0 aliphatic heterocycles. The van der Waals surface area contributed by atoms with E-state index in [0.29, 0.717) is 23.4 Å². The number of hydrogen-bond acceptors (Lipinski definition) is 5. The number of rotatable bonds is 8. The minimum Gasteiger partial charge on any atom is -0.488 e. The van der Waals surface area contributed by atoms with E-state index in [1.54, 1.807) is 24.4 Å². The summed E-state index contributed by atoms with van der Waals surface area (Å²) in [6.45, 7) is 0.798. The normalized spacial score (nSPS) is 10.3. The van der Waals surface area contributed by atoms with Gasteiger partial charge in [0, 0.05) is 40.7 Å². The summed E-state index contributed by atoms with van der Waals surface area (Å²) in [5.74, 6) is 0.467. The van der Waals surface area contributed by atoms with Gasteiger partial charge >= 0.3 is 0 Å². The number of benzene rings is 3. The molecule has 0 saturated carbocycles. The Kier molecular flexibility index (Phi) is 7.13. The molecule has 0 bridgehead atoms. The van der Waals surface area contributed by atoms with E-state index < -0.39 is 0 Å². The van der Waals surface area contributed by atoms with Crippen molar-refractivity contribution >= 4 is 27.9 Å². The third-order valence-corrected chi connectivity index (χ3v) is 6.04. The van der Waals surface area contributed by atoms with Crippen molar-refractivity contribution in [2.24, 2.45) is 0 Å². The molecule has 0 atom stereocenters. The molecule has 3 aromatic carbocycles. The third kappa shape index (κ3) is 5.46. The van der Waals surface area contributed by atoms with Crippen molar-refractivity contribution in [3.63, 3.8) is 0 Å². The summed E-state index contributed by atoms with van der Waals surface area (Å²) in [5, 5.41) is 12.4. The molecule has 0 amide bonds. The molecule has 4 aromatic rings. The van der Waals surface area contributed by atoms with E-state index in [9.17, 15) is 4.79 Å². The predicted molar refractivity (Wildman–Crippen MR) is 132 cm³/mol. The minimum absolute atomic E-state index is 0.206. The first-order valence-electron chi connectivity index (χ1n) is 10.3. The Morgan fingerprint density at radius 2 is 1.88 bits per heavy atom. The highest BCUT2D eigenvalue weighted by molar-refractivity contribution is 9.10. The van der Waals surface area contributed by atoms with Crippen molar-refractivity contribution in [2.75, 3.05) is 5.32 Å². The fourth-order valence-corrected chi connectivity index (χ4v) is 4.04. The second-order valence-corrected chi connectivity index (χ2v) is 8.14. The van der Waals surface area contributed by atoms with Crippen LogP contribution in [0.1, 0.15) is 27.0 Å². The van der Waals surface area contributed by atoms with Crippen molar-refractivity contribution in [3.05, 3.63) is 112 Å². The molecule has 0 radical (unpaired) electrons. The molecular formula is C27H20BrN3O2. The number of carbonyl (C=O) groups excluding carboxylic acids is 1. The lowest BCUT2D eigenvalue weighted by Gasteiger charge is -2.14. The van der Waals surface area contributed by atoms with Crippen LogP contribution in [0.3, 0.4) is 0 Å². The second-order valence-electron chi connectivity index (χ2n) is 7.35. The summed E-state index contributed by atoms with van der Waals surface area (Å²) in [5.41, 5.74) is 5.89. The topological polar surface area (TPSA) is 75.0 Å². The number of aromatic nitrogens is 1. The van der Waals surface area contributed by atoms with Crippen LogP contribution in [0.2, 0.25) is 0 Å². The summed E-state index contributed by atoms with van der Waals surface area (Å²) < 4.78 is 6.91. The molecule has 5 nitrogen and oxygen atoms in total. The number of halogens is 1. The van der Waals surface area contributed by atoms with E-state index in [4.69, 9.17) is 10.00 Å². The lowest BCUT2D eigenvalue weighted by atomic mass is 10.0. The first-order chi connectivity index (χ1) is 16.2. The summed E-state index contributed by atoms with van der Waals surface area (Å²) >= 11 is 3.75. The molecular weight excluding hydrogens is 478 g/mol. The summed E-state index contributed by atoms with van der Waals surface area (Å²) in [6.07, 6.45) is 3.90. The Morgan fingerprint density at radius 1 is 1.03 bits per heavy atom. The molecule has 0 aliphatic carbocycles. The van der Waals surface area contributed by atoms with Crippen LogP contribution >= 0.6 is 15.9 Å². The maximum absolute atomic E-state index is 11.5. The third-order valence-electron chi connectivity index (χ3n) is 5.11. The van der Waals surface area contributed by atoms with Gasteiger partial charge in [0.05, 0.1) is 11.1 Å². The molecule has 0 fully saturated rings. The summed E-state index contributed by atoms with van der Waals surface area (Å²) in [6, 6.07) is 25.6. The van der Waals surface area contributed by atoms with Crippen LogP contribution in [0.4, 0.5) is 5.69 Å².